The van der Waals surface area contributed by atoms with E-state index in [1.54, 1.807) is 0 Å². The summed E-state index contributed by atoms with van der Waals surface area (Å²) in [6.45, 7) is 6.84. The molecule has 1 amide bonds. The maximum Gasteiger partial charge on any atom is 0.307 e. The number of fused-ring (bicyclic) bond motifs is 2. The topological polar surface area (TPSA) is 46.6 Å². The van der Waals surface area contributed by atoms with Gasteiger partial charge in [-0.2, -0.15) is 0 Å². The van der Waals surface area contributed by atoms with Crippen LogP contribution in [-0.4, -0.2) is 30.8 Å². The molecule has 3 aromatic carbocycles. The smallest absolute Gasteiger partial charge is 0.307 e. The van der Waals surface area contributed by atoms with Gasteiger partial charge in [0.2, 0.25) is 5.91 Å². The van der Waals surface area contributed by atoms with E-state index in [0.717, 1.165) is 27.6 Å². The van der Waals surface area contributed by atoms with Crippen LogP contribution in [0, 0.1) is 5.41 Å². The van der Waals surface area contributed by atoms with E-state index in [0.29, 0.717) is 11.6 Å². The second-order valence-corrected chi connectivity index (χ2v) is 11.3. The Kier molecular flexibility index (Phi) is 6.73. The van der Waals surface area contributed by atoms with Gasteiger partial charge in [-0.05, 0) is 45.5 Å². The average Bonchev–Trinajstić information content (AvgIpc) is 2.88. The van der Waals surface area contributed by atoms with Crippen LogP contribution >= 0.6 is 23.4 Å². The number of hydrogen-bond donors (Lipinski definition) is 0. The van der Waals surface area contributed by atoms with Crippen LogP contribution in [0.4, 0.5) is 5.69 Å². The van der Waals surface area contributed by atoms with Gasteiger partial charge in [0.15, 0.2) is 0 Å². The molecular formula is C27H28ClNO3S. The Labute approximate surface area is 204 Å². The molecule has 3 aromatic rings. The van der Waals surface area contributed by atoms with Crippen molar-refractivity contribution >= 4 is 51.7 Å². The van der Waals surface area contributed by atoms with Crippen LogP contribution in [0.3, 0.4) is 0 Å². The van der Waals surface area contributed by atoms with Crippen molar-refractivity contribution in [3.63, 3.8) is 0 Å². The zero-order chi connectivity index (χ0) is 23.8. The first-order valence-electron chi connectivity index (χ1n) is 11.0. The molecule has 1 heterocycles. The predicted molar refractivity (Wildman–Crippen MR) is 137 cm³/mol. The molecule has 6 heteroatoms. The molecule has 4 nitrogen and oxygen atoms in total. The lowest BCUT2D eigenvalue weighted by Gasteiger charge is -2.31. The van der Waals surface area contributed by atoms with Gasteiger partial charge in [0.1, 0.15) is 0 Å². The third-order valence-electron chi connectivity index (χ3n) is 5.72. The summed E-state index contributed by atoms with van der Waals surface area (Å²) in [5.41, 5.74) is 2.79. The van der Waals surface area contributed by atoms with Gasteiger partial charge in [-0.1, -0.05) is 74.8 Å². The molecule has 0 saturated carbocycles. The Morgan fingerprint density at radius 3 is 2.52 bits per heavy atom. The molecule has 172 valence electrons. The molecule has 0 aliphatic carbocycles. The number of halogens is 1. The molecule has 4 rings (SSSR count). The number of carbonyl (C=O) groups is 2. The van der Waals surface area contributed by atoms with Crippen LogP contribution in [0.5, 0.6) is 0 Å². The van der Waals surface area contributed by atoms with Crippen LogP contribution in [0.15, 0.2) is 60.7 Å². The third-order valence-corrected chi connectivity index (χ3v) is 7.43. The molecular weight excluding hydrogens is 454 g/mol. The predicted octanol–water partition coefficient (Wildman–Crippen LogP) is 6.64. The number of ether oxygens (including phenoxy) is 1. The Hall–Kier alpha value is -2.50. The summed E-state index contributed by atoms with van der Waals surface area (Å²) in [5.74, 6) is -0.469. The number of rotatable bonds is 4. The van der Waals surface area contributed by atoms with E-state index in [1.807, 2.05) is 41.3 Å². The molecule has 2 atom stereocenters. The molecule has 0 N–H and O–H groups in total. The van der Waals surface area contributed by atoms with E-state index < -0.39 is 11.2 Å². The first kappa shape index (κ1) is 23.7. The lowest BCUT2D eigenvalue weighted by molar-refractivity contribution is -0.141. The Morgan fingerprint density at radius 2 is 1.79 bits per heavy atom. The van der Waals surface area contributed by atoms with Crippen molar-refractivity contribution < 1.29 is 14.3 Å². The molecule has 0 spiro atoms. The van der Waals surface area contributed by atoms with E-state index >= 15 is 0 Å². The number of hydrogen-bond acceptors (Lipinski definition) is 4. The normalized spacial score (nSPS) is 18.7. The zero-order valence-corrected chi connectivity index (χ0v) is 20.9. The first-order valence-corrected chi connectivity index (χ1v) is 12.3. The zero-order valence-electron chi connectivity index (χ0n) is 19.3. The van der Waals surface area contributed by atoms with Crippen LogP contribution < -0.4 is 4.90 Å². The number of esters is 1. The van der Waals surface area contributed by atoms with Crippen LogP contribution in [-0.2, 0) is 14.3 Å². The van der Waals surface area contributed by atoms with E-state index in [9.17, 15) is 9.59 Å². The fraction of sp³-hybridized carbons (Fsp3) is 0.333. The van der Waals surface area contributed by atoms with Gasteiger partial charge in [-0.25, -0.2) is 0 Å². The molecule has 0 bridgehead atoms. The number of nitrogens with zero attached hydrogens (tertiary/aromatic N) is 1. The van der Waals surface area contributed by atoms with E-state index in [-0.39, 0.29) is 23.0 Å². The Bertz CT molecular complexity index is 1200. The van der Waals surface area contributed by atoms with Gasteiger partial charge in [0.05, 0.1) is 24.0 Å². The highest BCUT2D eigenvalue weighted by molar-refractivity contribution is 8.01. The summed E-state index contributed by atoms with van der Waals surface area (Å²) < 4.78 is 4.94. The molecule has 33 heavy (non-hydrogen) atoms. The summed E-state index contributed by atoms with van der Waals surface area (Å²) in [4.78, 5) is 27.9. The van der Waals surface area contributed by atoms with Crippen molar-refractivity contribution in [3.05, 3.63) is 76.8 Å². The van der Waals surface area contributed by atoms with Crippen molar-refractivity contribution in [1.29, 1.82) is 0 Å². The Balaban J connectivity index is 1.94. The van der Waals surface area contributed by atoms with Crippen molar-refractivity contribution in [3.8, 4) is 0 Å². The third kappa shape index (κ3) is 5.04. The number of amides is 1. The minimum absolute atomic E-state index is 0.0175. The average molecular weight is 482 g/mol. The highest BCUT2D eigenvalue weighted by atomic mass is 35.5. The second-order valence-electron chi connectivity index (χ2n) is 9.54. The molecule has 1 aliphatic rings. The van der Waals surface area contributed by atoms with Gasteiger partial charge in [0, 0.05) is 17.3 Å². The van der Waals surface area contributed by atoms with Crippen molar-refractivity contribution in [2.45, 2.75) is 37.7 Å². The maximum absolute atomic E-state index is 13.8. The van der Waals surface area contributed by atoms with Crippen LogP contribution in [0.1, 0.15) is 43.6 Å². The fourth-order valence-corrected chi connectivity index (χ4v) is 5.97. The lowest BCUT2D eigenvalue weighted by atomic mass is 9.93. The SMILES string of the molecule is COC(=O)C[C@@H]1S[C@@H](c2cccc3ccccc23)c2cc(Cl)ccc2N(CC(C)(C)C)C1=O. The lowest BCUT2D eigenvalue weighted by Crippen LogP contribution is -2.42. The number of thioether (sulfide) groups is 1. The number of carbonyl (C=O) groups excluding carboxylic acids is 2. The van der Waals surface area contributed by atoms with Crippen molar-refractivity contribution in [2.24, 2.45) is 5.41 Å². The van der Waals surface area contributed by atoms with Gasteiger partial charge in [0.25, 0.3) is 0 Å². The van der Waals surface area contributed by atoms with Gasteiger partial charge < -0.3 is 9.64 Å². The van der Waals surface area contributed by atoms with Gasteiger partial charge in [-0.15, -0.1) is 11.8 Å². The molecule has 0 saturated heterocycles. The van der Waals surface area contributed by atoms with Crippen molar-refractivity contribution in [2.75, 3.05) is 18.6 Å². The maximum atomic E-state index is 13.8. The van der Waals surface area contributed by atoms with Gasteiger partial charge in [-0.3, -0.25) is 9.59 Å². The second kappa shape index (κ2) is 9.40. The van der Waals surface area contributed by atoms with E-state index in [4.69, 9.17) is 16.3 Å². The minimum atomic E-state index is -0.574. The minimum Gasteiger partial charge on any atom is -0.469 e. The summed E-state index contributed by atoms with van der Waals surface area (Å²) in [5, 5.41) is 2.13. The molecule has 1 aliphatic heterocycles. The highest BCUT2D eigenvalue weighted by Crippen LogP contribution is 2.49. The molecule has 0 aromatic heterocycles. The van der Waals surface area contributed by atoms with Crippen LogP contribution in [0.25, 0.3) is 10.8 Å². The highest BCUT2D eigenvalue weighted by Gasteiger charge is 2.39. The fourth-order valence-electron chi connectivity index (χ4n) is 4.30. The standard InChI is InChI=1S/C27H28ClNO3S/c1-27(2,3)16-29-22-13-12-18(28)14-21(22)25(33-23(26(29)31)15-24(30)32-4)20-11-7-9-17-8-5-6-10-19(17)20/h5-14,23,25H,15-16H2,1-4H3/t23-,25-/m0/s1. The molecule has 0 fully saturated rings. The quantitative estimate of drug-likeness (QED) is 0.392. The Morgan fingerprint density at radius 1 is 1.06 bits per heavy atom. The number of benzene rings is 3. The largest absolute Gasteiger partial charge is 0.469 e. The van der Waals surface area contributed by atoms with E-state index in [1.165, 1.54) is 18.9 Å². The summed E-state index contributed by atoms with van der Waals surface area (Å²) in [6, 6.07) is 20.2. The monoisotopic (exact) mass is 481 g/mol. The molecule has 0 radical (unpaired) electrons. The summed E-state index contributed by atoms with van der Waals surface area (Å²) in [6.07, 6.45) is 0.0175. The van der Waals surface area contributed by atoms with Gasteiger partial charge >= 0.3 is 5.97 Å². The van der Waals surface area contributed by atoms with E-state index in [2.05, 4.69) is 45.0 Å². The number of methoxy groups -OCH3 is 1. The van der Waals surface area contributed by atoms with Crippen molar-refractivity contribution in [1.82, 2.24) is 0 Å². The first-order chi connectivity index (χ1) is 15.7. The molecule has 0 unspecified atom stereocenters. The number of anilines is 1. The van der Waals surface area contributed by atoms with Crippen LogP contribution in [0.2, 0.25) is 5.02 Å². The summed E-state index contributed by atoms with van der Waals surface area (Å²) >= 11 is 7.98. The summed E-state index contributed by atoms with van der Waals surface area (Å²) in [7, 11) is 1.36.